The molecule has 0 spiro atoms. The lowest BCUT2D eigenvalue weighted by atomic mass is 10.2. The Morgan fingerprint density at radius 2 is 2.22 bits per heavy atom. The van der Waals surface area contributed by atoms with Crippen molar-refractivity contribution in [1.29, 1.82) is 0 Å². The molecule has 5 nitrogen and oxygen atoms in total. The molecule has 1 heterocycles. The van der Waals surface area contributed by atoms with Gasteiger partial charge in [-0.15, -0.1) is 0 Å². The summed E-state index contributed by atoms with van der Waals surface area (Å²) >= 11 is 3.28. The minimum atomic E-state index is -0.179. The van der Waals surface area contributed by atoms with Gasteiger partial charge in [0.25, 0.3) is 5.91 Å². The van der Waals surface area contributed by atoms with Gasteiger partial charge in [0.05, 0.1) is 12.2 Å². The Balaban J connectivity index is 2.02. The van der Waals surface area contributed by atoms with Crippen molar-refractivity contribution in [2.75, 3.05) is 5.73 Å². The van der Waals surface area contributed by atoms with E-state index in [-0.39, 0.29) is 5.91 Å². The van der Waals surface area contributed by atoms with Crippen LogP contribution >= 0.6 is 15.9 Å². The molecule has 0 unspecified atom stereocenters. The van der Waals surface area contributed by atoms with Gasteiger partial charge in [-0.25, -0.2) is 0 Å². The number of carbonyl (C=O) groups excluding carboxylic acids is 1. The largest absolute Gasteiger partial charge is 0.398 e. The van der Waals surface area contributed by atoms with E-state index in [2.05, 4.69) is 31.4 Å². The van der Waals surface area contributed by atoms with E-state index in [9.17, 15) is 4.79 Å². The van der Waals surface area contributed by atoms with Crippen LogP contribution in [0, 0.1) is 0 Å². The summed E-state index contributed by atoms with van der Waals surface area (Å²) in [6.45, 7) is 0.342. The van der Waals surface area contributed by atoms with Gasteiger partial charge < -0.3 is 11.1 Å². The molecule has 0 radical (unpaired) electrons. The molecule has 2 aromatic rings. The number of nitrogens with zero attached hydrogens (tertiary/aromatic N) is 2. The first-order chi connectivity index (χ1) is 8.66. The normalized spacial score (nSPS) is 10.1. The number of aromatic nitrogens is 2. The van der Waals surface area contributed by atoms with E-state index in [4.69, 9.17) is 5.73 Å². The fourth-order valence-corrected chi connectivity index (χ4v) is 1.75. The van der Waals surface area contributed by atoms with Crippen molar-refractivity contribution >= 4 is 27.5 Å². The van der Waals surface area contributed by atoms with Gasteiger partial charge in [0.2, 0.25) is 0 Å². The van der Waals surface area contributed by atoms with Gasteiger partial charge in [-0.05, 0) is 46.3 Å². The van der Waals surface area contributed by atoms with Crippen LogP contribution in [0.4, 0.5) is 5.69 Å². The van der Waals surface area contributed by atoms with Crippen molar-refractivity contribution in [3.63, 3.8) is 0 Å². The Labute approximate surface area is 113 Å². The molecule has 0 atom stereocenters. The minimum Gasteiger partial charge on any atom is -0.398 e. The average molecular weight is 307 g/mol. The number of anilines is 1. The molecule has 6 heteroatoms. The maximum Gasteiger partial charge on any atom is 0.251 e. The lowest BCUT2D eigenvalue weighted by Crippen LogP contribution is -2.23. The Morgan fingerprint density at radius 3 is 2.89 bits per heavy atom. The summed E-state index contributed by atoms with van der Waals surface area (Å²) in [6.07, 6.45) is 1.59. The summed E-state index contributed by atoms with van der Waals surface area (Å²) < 4.78 is 0.703. The molecule has 0 aliphatic rings. The molecule has 0 saturated carbocycles. The van der Waals surface area contributed by atoms with E-state index in [0.29, 0.717) is 28.0 Å². The number of nitrogens with one attached hydrogen (secondary N) is 1. The highest BCUT2D eigenvalue weighted by atomic mass is 79.9. The summed E-state index contributed by atoms with van der Waals surface area (Å²) in [5, 5.41) is 10.4. The third kappa shape index (κ3) is 3.04. The summed E-state index contributed by atoms with van der Waals surface area (Å²) in [5.74, 6) is -0.179. The Bertz CT molecular complexity index is 559. The van der Waals surface area contributed by atoms with E-state index >= 15 is 0 Å². The second-order valence-corrected chi connectivity index (χ2v) is 4.49. The lowest BCUT2D eigenvalue weighted by molar-refractivity contribution is 0.0950. The molecule has 3 N–H and O–H groups in total. The van der Waals surface area contributed by atoms with Crippen LogP contribution in [0.25, 0.3) is 0 Å². The Hall–Kier alpha value is -1.95. The highest BCUT2D eigenvalue weighted by Gasteiger charge is 2.07. The van der Waals surface area contributed by atoms with Crippen molar-refractivity contribution in [3.8, 4) is 0 Å². The maximum atomic E-state index is 11.9. The number of benzene rings is 1. The topological polar surface area (TPSA) is 80.9 Å². The predicted molar refractivity (Wildman–Crippen MR) is 71.8 cm³/mol. The number of amides is 1. The van der Waals surface area contributed by atoms with Crippen molar-refractivity contribution in [1.82, 2.24) is 15.5 Å². The van der Waals surface area contributed by atoms with Crippen molar-refractivity contribution in [2.45, 2.75) is 6.54 Å². The SMILES string of the molecule is Nc1ccc(C(=O)NCc2cccnn2)cc1Br. The van der Waals surface area contributed by atoms with Crippen molar-refractivity contribution in [3.05, 3.63) is 52.3 Å². The molecule has 0 aliphatic carbocycles. The number of hydrogen-bond acceptors (Lipinski definition) is 4. The monoisotopic (exact) mass is 306 g/mol. The van der Waals surface area contributed by atoms with Crippen molar-refractivity contribution < 1.29 is 4.79 Å². The van der Waals surface area contributed by atoms with Crippen LogP contribution in [0.2, 0.25) is 0 Å². The quantitative estimate of drug-likeness (QED) is 0.847. The zero-order valence-electron chi connectivity index (χ0n) is 9.43. The molecule has 1 aromatic carbocycles. The van der Waals surface area contributed by atoms with Crippen LogP contribution in [-0.2, 0) is 6.54 Å². The zero-order valence-corrected chi connectivity index (χ0v) is 11.0. The van der Waals surface area contributed by atoms with E-state index in [1.54, 1.807) is 36.5 Å². The number of hydrogen-bond donors (Lipinski definition) is 2. The van der Waals surface area contributed by atoms with Gasteiger partial charge in [0.15, 0.2) is 0 Å². The maximum absolute atomic E-state index is 11.9. The van der Waals surface area contributed by atoms with Crippen LogP contribution in [0.15, 0.2) is 41.0 Å². The smallest absolute Gasteiger partial charge is 0.251 e. The van der Waals surface area contributed by atoms with Crippen LogP contribution in [-0.4, -0.2) is 16.1 Å². The fourth-order valence-electron chi connectivity index (χ4n) is 1.37. The van der Waals surface area contributed by atoms with Crippen LogP contribution in [0.5, 0.6) is 0 Å². The molecular weight excluding hydrogens is 296 g/mol. The lowest BCUT2D eigenvalue weighted by Gasteiger charge is -2.05. The molecular formula is C12H11BrN4O. The number of rotatable bonds is 3. The zero-order chi connectivity index (χ0) is 13.0. The van der Waals surface area contributed by atoms with Gasteiger partial charge in [-0.1, -0.05) is 0 Å². The molecule has 0 bridgehead atoms. The molecule has 1 amide bonds. The highest BCUT2D eigenvalue weighted by Crippen LogP contribution is 2.20. The fraction of sp³-hybridized carbons (Fsp3) is 0.0833. The molecule has 92 valence electrons. The number of carbonyl (C=O) groups is 1. The number of halogens is 1. The first kappa shape index (κ1) is 12.5. The Kier molecular flexibility index (Phi) is 3.88. The van der Waals surface area contributed by atoms with Gasteiger partial charge in [-0.2, -0.15) is 10.2 Å². The van der Waals surface area contributed by atoms with E-state index in [0.717, 1.165) is 0 Å². The summed E-state index contributed by atoms with van der Waals surface area (Å²) in [5.41, 5.74) is 7.50. The molecule has 18 heavy (non-hydrogen) atoms. The van der Waals surface area contributed by atoms with Gasteiger partial charge in [0, 0.05) is 21.9 Å². The summed E-state index contributed by atoms with van der Waals surface area (Å²) in [4.78, 5) is 11.9. The Morgan fingerprint density at radius 1 is 1.39 bits per heavy atom. The second kappa shape index (κ2) is 5.59. The minimum absolute atomic E-state index is 0.179. The number of nitrogens with two attached hydrogens (primary N) is 1. The van der Waals surface area contributed by atoms with Gasteiger partial charge in [0.1, 0.15) is 0 Å². The second-order valence-electron chi connectivity index (χ2n) is 3.63. The third-order valence-corrected chi connectivity index (χ3v) is 3.01. The van der Waals surface area contributed by atoms with Crippen LogP contribution in [0.1, 0.15) is 16.1 Å². The summed E-state index contributed by atoms with van der Waals surface area (Å²) in [7, 11) is 0. The third-order valence-electron chi connectivity index (χ3n) is 2.32. The van der Waals surface area contributed by atoms with Crippen LogP contribution < -0.4 is 11.1 Å². The van der Waals surface area contributed by atoms with Crippen LogP contribution in [0.3, 0.4) is 0 Å². The predicted octanol–water partition coefficient (Wildman–Crippen LogP) is 1.75. The van der Waals surface area contributed by atoms with E-state index < -0.39 is 0 Å². The van der Waals surface area contributed by atoms with Gasteiger partial charge >= 0.3 is 0 Å². The van der Waals surface area contributed by atoms with Crippen molar-refractivity contribution in [2.24, 2.45) is 0 Å². The molecule has 0 fully saturated rings. The summed E-state index contributed by atoms with van der Waals surface area (Å²) in [6, 6.07) is 8.61. The standard InChI is InChI=1S/C12H11BrN4O/c13-10-6-8(3-4-11(10)14)12(18)15-7-9-2-1-5-16-17-9/h1-6H,7,14H2,(H,15,18). The van der Waals surface area contributed by atoms with Gasteiger partial charge in [-0.3, -0.25) is 4.79 Å². The first-order valence-electron chi connectivity index (χ1n) is 5.26. The highest BCUT2D eigenvalue weighted by molar-refractivity contribution is 9.10. The molecule has 1 aromatic heterocycles. The first-order valence-corrected chi connectivity index (χ1v) is 6.06. The number of nitrogen functional groups attached to an aromatic ring is 1. The molecule has 0 aliphatic heterocycles. The molecule has 0 saturated heterocycles. The molecule has 2 rings (SSSR count). The van der Waals surface area contributed by atoms with E-state index in [1.165, 1.54) is 0 Å². The van der Waals surface area contributed by atoms with E-state index in [1.807, 2.05) is 0 Å². The average Bonchev–Trinajstić information content (AvgIpc) is 2.40.